The first-order chi connectivity index (χ1) is 7.96. The van der Waals surface area contributed by atoms with Crippen molar-refractivity contribution >= 4 is 36.5 Å². The van der Waals surface area contributed by atoms with E-state index in [0.717, 1.165) is 20.9 Å². The van der Waals surface area contributed by atoms with E-state index in [0.29, 0.717) is 6.54 Å². The van der Waals surface area contributed by atoms with Crippen LogP contribution in [0.3, 0.4) is 0 Å². The Hall–Kier alpha value is -1.14. The molecule has 6 heteroatoms. The van der Waals surface area contributed by atoms with Crippen molar-refractivity contribution in [1.29, 1.82) is 0 Å². The third-order valence-electron chi connectivity index (χ3n) is 2.37. The maximum atomic E-state index is 11.0. The molecule has 92 valence electrons. The molecule has 0 saturated carbocycles. The van der Waals surface area contributed by atoms with Crippen molar-refractivity contribution in [3.8, 4) is 0 Å². The van der Waals surface area contributed by atoms with E-state index < -0.39 is 9.84 Å². The van der Waals surface area contributed by atoms with Gasteiger partial charge in [-0.15, -0.1) is 0 Å². The molecule has 0 bridgehead atoms. The molecule has 1 aromatic heterocycles. The van der Waals surface area contributed by atoms with Gasteiger partial charge in [0.2, 0.25) is 0 Å². The van der Waals surface area contributed by atoms with E-state index in [2.05, 4.69) is 10.3 Å². The van der Waals surface area contributed by atoms with Gasteiger partial charge >= 0.3 is 0 Å². The van der Waals surface area contributed by atoms with Crippen molar-refractivity contribution in [2.45, 2.75) is 6.92 Å². The molecule has 0 amide bonds. The Morgan fingerprint density at radius 1 is 1.41 bits per heavy atom. The van der Waals surface area contributed by atoms with Crippen molar-refractivity contribution in [2.75, 3.05) is 23.9 Å². The number of aromatic nitrogens is 1. The normalized spacial score (nSPS) is 11.9. The van der Waals surface area contributed by atoms with Gasteiger partial charge in [0.05, 0.1) is 16.0 Å². The molecular weight excluding hydrogens is 256 g/mol. The van der Waals surface area contributed by atoms with Crippen LogP contribution in [0, 0.1) is 6.92 Å². The lowest BCUT2D eigenvalue weighted by Gasteiger charge is -1.99. The lowest BCUT2D eigenvalue weighted by molar-refractivity contribution is 0.602. The number of hydrogen-bond acceptors (Lipinski definition) is 5. The number of aryl methyl sites for hydroxylation is 1. The number of benzene rings is 1. The van der Waals surface area contributed by atoms with Crippen LogP contribution in [0.5, 0.6) is 0 Å². The molecule has 0 fully saturated rings. The van der Waals surface area contributed by atoms with Gasteiger partial charge in [-0.2, -0.15) is 0 Å². The highest BCUT2D eigenvalue weighted by Gasteiger charge is 2.06. The van der Waals surface area contributed by atoms with Crippen LogP contribution in [0.15, 0.2) is 18.2 Å². The molecule has 2 aromatic rings. The van der Waals surface area contributed by atoms with Crippen LogP contribution >= 0.6 is 11.3 Å². The molecule has 0 radical (unpaired) electrons. The molecule has 0 aliphatic carbocycles. The highest BCUT2D eigenvalue weighted by atomic mass is 32.2. The predicted molar refractivity (Wildman–Crippen MR) is 72.6 cm³/mol. The monoisotopic (exact) mass is 270 g/mol. The average molecular weight is 270 g/mol. The number of hydrogen-bond donors (Lipinski definition) is 1. The van der Waals surface area contributed by atoms with Gasteiger partial charge in [-0.3, -0.25) is 0 Å². The van der Waals surface area contributed by atoms with Gasteiger partial charge in [-0.05, 0) is 18.6 Å². The quantitative estimate of drug-likeness (QED) is 0.924. The lowest BCUT2D eigenvalue weighted by Crippen LogP contribution is -2.13. The van der Waals surface area contributed by atoms with Crippen molar-refractivity contribution in [2.24, 2.45) is 0 Å². The van der Waals surface area contributed by atoms with E-state index in [1.54, 1.807) is 11.3 Å². The van der Waals surface area contributed by atoms with Crippen LogP contribution in [0.1, 0.15) is 5.56 Å². The number of sulfone groups is 1. The number of rotatable bonds is 4. The summed E-state index contributed by atoms with van der Waals surface area (Å²) in [4.78, 5) is 4.44. The first-order valence-electron chi connectivity index (χ1n) is 5.23. The Kier molecular flexibility index (Phi) is 3.35. The highest BCUT2D eigenvalue weighted by molar-refractivity contribution is 7.90. The lowest BCUT2D eigenvalue weighted by atomic mass is 10.2. The summed E-state index contributed by atoms with van der Waals surface area (Å²) in [7, 11) is -2.92. The van der Waals surface area contributed by atoms with Gasteiger partial charge in [0.15, 0.2) is 5.13 Å². The van der Waals surface area contributed by atoms with Crippen LogP contribution in [0.2, 0.25) is 0 Å². The van der Waals surface area contributed by atoms with Crippen LogP contribution in [0.4, 0.5) is 5.13 Å². The topological polar surface area (TPSA) is 59.1 Å². The van der Waals surface area contributed by atoms with Gasteiger partial charge in [-0.1, -0.05) is 23.5 Å². The number of nitrogens with one attached hydrogen (secondary N) is 1. The molecule has 0 spiro atoms. The Bertz CT molecular complexity index is 632. The molecule has 0 unspecified atom stereocenters. The average Bonchev–Trinajstić information content (AvgIpc) is 2.60. The minimum absolute atomic E-state index is 0.127. The predicted octanol–water partition coefficient (Wildman–Crippen LogP) is 2.06. The Balaban J connectivity index is 2.12. The fraction of sp³-hybridized carbons (Fsp3) is 0.364. The van der Waals surface area contributed by atoms with Crippen LogP contribution < -0.4 is 5.32 Å². The second-order valence-corrected chi connectivity index (χ2v) is 7.29. The summed E-state index contributed by atoms with van der Waals surface area (Å²) in [6.45, 7) is 2.42. The number of para-hydroxylation sites is 1. The summed E-state index contributed by atoms with van der Waals surface area (Å²) >= 11 is 1.54. The van der Waals surface area contributed by atoms with Crippen LogP contribution in [-0.4, -0.2) is 32.0 Å². The highest BCUT2D eigenvalue weighted by Crippen LogP contribution is 2.27. The largest absolute Gasteiger partial charge is 0.360 e. The molecule has 1 heterocycles. The fourth-order valence-corrected chi connectivity index (χ4v) is 2.95. The number of thiazole rings is 1. The Morgan fingerprint density at radius 3 is 2.82 bits per heavy atom. The minimum Gasteiger partial charge on any atom is -0.360 e. The zero-order valence-corrected chi connectivity index (χ0v) is 11.4. The molecule has 0 saturated heterocycles. The number of fused-ring (bicyclic) bond motifs is 1. The van der Waals surface area contributed by atoms with E-state index in [-0.39, 0.29) is 5.75 Å². The van der Waals surface area contributed by atoms with E-state index in [1.165, 1.54) is 6.26 Å². The smallest absolute Gasteiger partial charge is 0.183 e. The van der Waals surface area contributed by atoms with Gasteiger partial charge in [0, 0.05) is 12.8 Å². The Morgan fingerprint density at radius 2 is 2.18 bits per heavy atom. The number of anilines is 1. The van der Waals surface area contributed by atoms with Crippen LogP contribution in [0.25, 0.3) is 10.2 Å². The minimum atomic E-state index is -2.92. The first kappa shape index (κ1) is 12.3. The van der Waals surface area contributed by atoms with Crippen molar-refractivity contribution in [3.63, 3.8) is 0 Å². The number of nitrogens with zero attached hydrogens (tertiary/aromatic N) is 1. The summed E-state index contributed by atoms with van der Waals surface area (Å²) in [6, 6.07) is 6.03. The molecule has 1 N–H and O–H groups in total. The molecule has 0 atom stereocenters. The summed E-state index contributed by atoms with van der Waals surface area (Å²) < 4.78 is 23.1. The molecular formula is C11H14N2O2S2. The standard InChI is InChI=1S/C11H14N2O2S2/c1-8-4-3-5-9-10(8)13-11(16-9)12-6-7-17(2,14)15/h3-5H,6-7H2,1-2H3,(H,12,13). The maximum Gasteiger partial charge on any atom is 0.183 e. The van der Waals surface area contributed by atoms with Gasteiger partial charge in [0.1, 0.15) is 9.84 Å². The van der Waals surface area contributed by atoms with Gasteiger partial charge in [-0.25, -0.2) is 13.4 Å². The fourth-order valence-electron chi connectivity index (χ4n) is 1.51. The van der Waals surface area contributed by atoms with Crippen molar-refractivity contribution < 1.29 is 8.42 Å². The van der Waals surface area contributed by atoms with E-state index >= 15 is 0 Å². The molecule has 4 nitrogen and oxygen atoms in total. The van der Waals surface area contributed by atoms with Crippen molar-refractivity contribution in [3.05, 3.63) is 23.8 Å². The summed E-state index contributed by atoms with van der Waals surface area (Å²) in [6.07, 6.45) is 1.23. The third kappa shape index (κ3) is 3.17. The second kappa shape index (κ2) is 4.62. The van der Waals surface area contributed by atoms with Gasteiger partial charge in [0.25, 0.3) is 0 Å². The van der Waals surface area contributed by atoms with E-state index in [9.17, 15) is 8.42 Å². The molecule has 0 aliphatic rings. The molecule has 0 aliphatic heterocycles. The van der Waals surface area contributed by atoms with Crippen molar-refractivity contribution in [1.82, 2.24) is 4.98 Å². The summed E-state index contributed by atoms with van der Waals surface area (Å²) in [5.41, 5.74) is 2.12. The first-order valence-corrected chi connectivity index (χ1v) is 8.11. The Labute approximate surface area is 105 Å². The van der Waals surface area contributed by atoms with E-state index in [1.807, 2.05) is 25.1 Å². The second-order valence-electron chi connectivity index (χ2n) is 4.00. The zero-order chi connectivity index (χ0) is 12.5. The van der Waals surface area contributed by atoms with Gasteiger partial charge < -0.3 is 5.32 Å². The summed E-state index contributed by atoms with van der Waals surface area (Å²) in [5, 5.41) is 3.82. The molecule has 17 heavy (non-hydrogen) atoms. The summed E-state index contributed by atoms with van der Waals surface area (Å²) in [5.74, 6) is 0.127. The molecule has 2 rings (SSSR count). The SMILES string of the molecule is Cc1cccc2sc(NCCS(C)(=O)=O)nc12. The van der Waals surface area contributed by atoms with Crippen LogP contribution in [-0.2, 0) is 9.84 Å². The zero-order valence-electron chi connectivity index (χ0n) is 9.73. The maximum absolute atomic E-state index is 11.0. The molecule has 1 aromatic carbocycles. The van der Waals surface area contributed by atoms with E-state index in [4.69, 9.17) is 0 Å². The third-order valence-corrected chi connectivity index (χ3v) is 4.29.